The van der Waals surface area contributed by atoms with Crippen LogP contribution in [0.25, 0.3) is 45.6 Å². The average Bonchev–Trinajstić information content (AvgIpc) is 4.00. The Balaban J connectivity index is 0. The zero-order valence-electron chi connectivity index (χ0n) is 37.5. The Morgan fingerprint density at radius 1 is 0.350 bits per heavy atom. The summed E-state index contributed by atoms with van der Waals surface area (Å²) in [5.41, 5.74) is 6.90. The van der Waals surface area contributed by atoms with Gasteiger partial charge in [-0.3, -0.25) is 30.1 Å². The molecule has 2 aliphatic rings. The minimum atomic E-state index is 0. The predicted octanol–water partition coefficient (Wildman–Crippen LogP) is 10.7. The molecule has 6 aromatic heterocycles. The molecule has 10 nitrogen and oxygen atoms in total. The fraction of sp³-hybridized carbons (Fsp3) is 0.417. The van der Waals surface area contributed by atoms with Crippen molar-refractivity contribution in [3.8, 4) is 45.6 Å². The van der Waals surface area contributed by atoms with Gasteiger partial charge < -0.3 is 25.8 Å². The maximum absolute atomic E-state index is 4.26. The maximum atomic E-state index is 4.26. The third kappa shape index (κ3) is 14.7. The van der Waals surface area contributed by atoms with E-state index in [9.17, 15) is 0 Å². The Hall–Kier alpha value is -3.79. The molecule has 2 radical (unpaired) electrons. The molecule has 0 spiro atoms. The molecule has 0 aromatic carbocycles. The van der Waals surface area contributed by atoms with E-state index in [1.54, 1.807) is 24.8 Å². The summed E-state index contributed by atoms with van der Waals surface area (Å²) in [4.78, 5) is 17.0. The van der Waals surface area contributed by atoms with Crippen LogP contribution in [0, 0.1) is 74.0 Å². The molecule has 334 valence electrons. The fourth-order valence-electron chi connectivity index (χ4n) is 8.03. The van der Waals surface area contributed by atoms with Gasteiger partial charge in [0, 0.05) is 64.4 Å². The first-order chi connectivity index (χ1) is 26.0. The van der Waals surface area contributed by atoms with Gasteiger partial charge in [-0.2, -0.15) is 10.2 Å². The van der Waals surface area contributed by atoms with Crippen molar-refractivity contribution in [3.63, 3.8) is 0 Å². The number of hydrogen-bond acceptors (Lipinski definition) is 6. The van der Waals surface area contributed by atoms with Crippen molar-refractivity contribution in [2.75, 3.05) is 0 Å². The molecule has 2 aliphatic carbocycles. The van der Waals surface area contributed by atoms with Gasteiger partial charge in [0.05, 0.1) is 34.2 Å². The van der Waals surface area contributed by atoms with Gasteiger partial charge in [0.25, 0.3) is 0 Å². The molecular formula is C48H70IrN8O2Rh-2. The predicted molar refractivity (Wildman–Crippen MR) is 242 cm³/mol. The van der Waals surface area contributed by atoms with Crippen molar-refractivity contribution < 1.29 is 50.5 Å². The summed E-state index contributed by atoms with van der Waals surface area (Å²) in [7, 11) is 0. The van der Waals surface area contributed by atoms with Crippen LogP contribution in [-0.2, 0) is 39.6 Å². The number of H-pyrrole nitrogens is 2. The van der Waals surface area contributed by atoms with E-state index < -0.39 is 0 Å². The molecule has 6 N–H and O–H groups in total. The quantitative estimate of drug-likeness (QED) is 0.131. The molecule has 0 atom stereocenters. The molecule has 6 aromatic rings. The summed E-state index contributed by atoms with van der Waals surface area (Å²) in [5.74, 6) is 9.35. The van der Waals surface area contributed by atoms with E-state index in [2.05, 4.69) is 110 Å². The molecule has 0 aliphatic heterocycles. The second-order valence-electron chi connectivity index (χ2n) is 15.8. The molecule has 6 heterocycles. The molecule has 12 heteroatoms. The topological polar surface area (TPSA) is 172 Å². The van der Waals surface area contributed by atoms with E-state index in [-0.39, 0.29) is 65.4 Å². The summed E-state index contributed by atoms with van der Waals surface area (Å²) in [6.45, 7) is 24.0. The second-order valence-corrected chi connectivity index (χ2v) is 15.8. The first kappa shape index (κ1) is 58.3. The first-order valence-electron chi connectivity index (χ1n) is 19.7. The number of rotatable bonds is 4. The van der Waals surface area contributed by atoms with E-state index in [1.807, 2.05) is 84.9 Å². The molecule has 0 unspecified atom stereocenters. The van der Waals surface area contributed by atoms with E-state index >= 15 is 0 Å². The zero-order valence-corrected chi connectivity index (χ0v) is 41.5. The summed E-state index contributed by atoms with van der Waals surface area (Å²) in [6, 6.07) is 27.0. The Bertz CT molecular complexity index is 1630. The SMILES string of the molecule is CC1C(C)C(C)C(C)C1C.CC1C(C)C(C)C(C)C1C.O.O.[CH3-].[CH3-].[Ir].[Rh].c1ccc(-c2cc(-c3ccccn3)[nH]n2)nc1.c1ccc(-c2cc(-c3ccccn3)[nH]n2)nc1. The molecule has 8 rings (SSSR count). The van der Waals surface area contributed by atoms with Crippen molar-refractivity contribution in [1.29, 1.82) is 0 Å². The van der Waals surface area contributed by atoms with Crippen LogP contribution in [0.15, 0.2) is 110 Å². The number of pyridine rings is 4. The number of nitrogens with zero attached hydrogens (tertiary/aromatic N) is 6. The van der Waals surface area contributed by atoms with Crippen LogP contribution < -0.4 is 0 Å². The normalized spacial score (nSPS) is 24.4. The summed E-state index contributed by atoms with van der Waals surface area (Å²) >= 11 is 0. The van der Waals surface area contributed by atoms with Crippen molar-refractivity contribution in [2.45, 2.75) is 69.2 Å². The zero-order chi connectivity index (χ0) is 38.8. The van der Waals surface area contributed by atoms with Gasteiger partial charge in [-0.05, 0) is 120 Å². The first-order valence-corrected chi connectivity index (χ1v) is 19.7. The van der Waals surface area contributed by atoms with Crippen LogP contribution in [0.5, 0.6) is 0 Å². The molecule has 0 amide bonds. The Morgan fingerprint density at radius 2 is 0.567 bits per heavy atom. The minimum Gasteiger partial charge on any atom is -0.412 e. The van der Waals surface area contributed by atoms with Gasteiger partial charge in [0.15, 0.2) is 0 Å². The van der Waals surface area contributed by atoms with Crippen molar-refractivity contribution in [2.24, 2.45) is 59.2 Å². The van der Waals surface area contributed by atoms with E-state index in [0.29, 0.717) is 0 Å². The fourth-order valence-corrected chi connectivity index (χ4v) is 8.03. The summed E-state index contributed by atoms with van der Waals surface area (Å²) in [5, 5.41) is 14.4. The second kappa shape index (κ2) is 27.9. The van der Waals surface area contributed by atoms with E-state index in [4.69, 9.17) is 0 Å². The van der Waals surface area contributed by atoms with Gasteiger partial charge in [0.1, 0.15) is 11.4 Å². The van der Waals surface area contributed by atoms with Gasteiger partial charge in [0.2, 0.25) is 0 Å². The number of aromatic nitrogens is 8. The van der Waals surface area contributed by atoms with Crippen molar-refractivity contribution in [1.82, 2.24) is 40.3 Å². The molecule has 0 bridgehead atoms. The maximum Gasteiger partial charge on any atom is 0.111 e. The Kier molecular flexibility index (Phi) is 27.1. The molecular weight excluding hydrogens is 1020 g/mol. The molecule has 0 saturated heterocycles. The van der Waals surface area contributed by atoms with Gasteiger partial charge in [-0.1, -0.05) is 93.5 Å². The van der Waals surface area contributed by atoms with Gasteiger partial charge in [-0.15, -0.1) is 0 Å². The largest absolute Gasteiger partial charge is 0.412 e. The number of aromatic amines is 2. The van der Waals surface area contributed by atoms with Gasteiger partial charge in [-0.25, -0.2) is 0 Å². The third-order valence-electron chi connectivity index (χ3n) is 13.2. The van der Waals surface area contributed by atoms with Crippen LogP contribution in [0.2, 0.25) is 0 Å². The van der Waals surface area contributed by atoms with Crippen LogP contribution in [0.1, 0.15) is 69.2 Å². The van der Waals surface area contributed by atoms with E-state index in [0.717, 1.165) is 105 Å². The van der Waals surface area contributed by atoms with Crippen LogP contribution >= 0.6 is 0 Å². The van der Waals surface area contributed by atoms with Gasteiger partial charge >= 0.3 is 0 Å². The smallest absolute Gasteiger partial charge is 0.111 e. The molecule has 2 fully saturated rings. The Labute approximate surface area is 387 Å². The minimum absolute atomic E-state index is 0. The summed E-state index contributed by atoms with van der Waals surface area (Å²) < 4.78 is 0. The van der Waals surface area contributed by atoms with Crippen LogP contribution in [0.4, 0.5) is 0 Å². The van der Waals surface area contributed by atoms with Crippen molar-refractivity contribution in [3.05, 3.63) is 125 Å². The number of nitrogens with one attached hydrogen (secondary N) is 2. The van der Waals surface area contributed by atoms with Crippen LogP contribution in [-0.4, -0.2) is 51.3 Å². The van der Waals surface area contributed by atoms with E-state index in [1.165, 1.54) is 0 Å². The standard InChI is InChI=1S/2C13H10N4.2C10H20.2CH3.Ir.2H2O.Rh/c2*1-3-7-14-10(5-1)12-9-13(17-16-12)11-6-2-4-8-15-11;2*1-6-7(2)9(4)10(5)8(6)3;;;;;;/h2*1-9H,(H,16,17);2*6-10H,1-5H3;2*1H3;;2*1H2;/q;;;;2*-1;;;;. The average molecular weight is 1090 g/mol. The van der Waals surface area contributed by atoms with Crippen molar-refractivity contribution >= 4 is 0 Å². The molecule has 60 heavy (non-hydrogen) atoms. The third-order valence-corrected chi connectivity index (χ3v) is 13.2. The molecule has 2 saturated carbocycles. The monoisotopic (exact) mass is 1090 g/mol. The summed E-state index contributed by atoms with van der Waals surface area (Å²) in [6.07, 6.45) is 7.03. The Morgan fingerprint density at radius 3 is 0.767 bits per heavy atom. The number of hydrogen-bond donors (Lipinski definition) is 2. The van der Waals surface area contributed by atoms with Crippen LogP contribution in [0.3, 0.4) is 0 Å².